The van der Waals surface area contributed by atoms with E-state index in [0.29, 0.717) is 17.0 Å². The van der Waals surface area contributed by atoms with Crippen LogP contribution in [0.3, 0.4) is 0 Å². The first kappa shape index (κ1) is 11.1. The SMILES string of the molecule is Cc1c(O)cccc1C(=O)NCc1ncn[nH]1. The summed E-state index contributed by atoms with van der Waals surface area (Å²) in [6.07, 6.45) is 1.38. The lowest BCUT2D eigenvalue weighted by molar-refractivity contribution is 0.0949. The van der Waals surface area contributed by atoms with E-state index >= 15 is 0 Å². The number of amides is 1. The van der Waals surface area contributed by atoms with E-state index in [9.17, 15) is 9.90 Å². The summed E-state index contributed by atoms with van der Waals surface area (Å²) in [6, 6.07) is 4.83. The van der Waals surface area contributed by atoms with Crippen LogP contribution in [-0.2, 0) is 6.54 Å². The standard InChI is InChI=1S/C11H12N4O2/c1-7-8(3-2-4-9(7)16)11(17)12-5-10-13-6-14-15-10/h2-4,6,16H,5H2,1H3,(H,12,17)(H,13,14,15). The summed E-state index contributed by atoms with van der Waals surface area (Å²) < 4.78 is 0. The molecule has 0 saturated heterocycles. The molecule has 1 amide bonds. The van der Waals surface area contributed by atoms with Crippen LogP contribution in [0.1, 0.15) is 21.7 Å². The molecule has 0 atom stereocenters. The van der Waals surface area contributed by atoms with Crippen molar-refractivity contribution in [2.75, 3.05) is 0 Å². The normalized spacial score (nSPS) is 10.2. The van der Waals surface area contributed by atoms with Gasteiger partial charge in [-0.25, -0.2) is 4.98 Å². The van der Waals surface area contributed by atoms with Gasteiger partial charge in [0.05, 0.1) is 6.54 Å². The quantitative estimate of drug-likeness (QED) is 0.728. The zero-order chi connectivity index (χ0) is 12.3. The van der Waals surface area contributed by atoms with Gasteiger partial charge in [0.25, 0.3) is 5.91 Å². The second-order valence-corrected chi connectivity index (χ2v) is 3.56. The average Bonchev–Trinajstić information content (AvgIpc) is 2.82. The second kappa shape index (κ2) is 4.65. The zero-order valence-electron chi connectivity index (χ0n) is 9.27. The molecular weight excluding hydrogens is 220 g/mol. The number of benzene rings is 1. The molecule has 0 fully saturated rings. The van der Waals surface area contributed by atoms with Crippen molar-refractivity contribution in [1.29, 1.82) is 0 Å². The molecule has 0 aliphatic rings. The van der Waals surface area contributed by atoms with Gasteiger partial charge in [-0.2, -0.15) is 5.10 Å². The largest absolute Gasteiger partial charge is 0.508 e. The highest BCUT2D eigenvalue weighted by atomic mass is 16.3. The highest BCUT2D eigenvalue weighted by Gasteiger charge is 2.11. The van der Waals surface area contributed by atoms with Crippen LogP contribution in [0.5, 0.6) is 5.75 Å². The Kier molecular flexibility index (Phi) is 3.04. The molecule has 0 unspecified atom stereocenters. The van der Waals surface area contributed by atoms with Gasteiger partial charge >= 0.3 is 0 Å². The van der Waals surface area contributed by atoms with E-state index in [1.165, 1.54) is 6.33 Å². The Bertz CT molecular complexity index is 522. The number of rotatable bonds is 3. The molecule has 0 spiro atoms. The lowest BCUT2D eigenvalue weighted by Gasteiger charge is -2.07. The smallest absolute Gasteiger partial charge is 0.252 e. The maximum absolute atomic E-state index is 11.8. The number of aromatic nitrogens is 3. The third-order valence-electron chi connectivity index (χ3n) is 2.43. The van der Waals surface area contributed by atoms with E-state index in [1.54, 1.807) is 25.1 Å². The van der Waals surface area contributed by atoms with E-state index in [2.05, 4.69) is 20.5 Å². The summed E-state index contributed by atoms with van der Waals surface area (Å²) in [5, 5.41) is 18.5. The van der Waals surface area contributed by atoms with Crippen molar-refractivity contribution >= 4 is 5.91 Å². The molecule has 0 radical (unpaired) electrons. The van der Waals surface area contributed by atoms with E-state index in [-0.39, 0.29) is 18.2 Å². The van der Waals surface area contributed by atoms with Gasteiger partial charge in [-0.05, 0) is 19.1 Å². The number of hydrogen-bond acceptors (Lipinski definition) is 4. The Labute approximate surface area is 97.7 Å². The minimum absolute atomic E-state index is 0.109. The van der Waals surface area contributed by atoms with Crippen LogP contribution in [0.4, 0.5) is 0 Å². The van der Waals surface area contributed by atoms with Crippen molar-refractivity contribution in [3.8, 4) is 5.75 Å². The Morgan fingerprint density at radius 1 is 1.53 bits per heavy atom. The number of aromatic amines is 1. The first-order valence-electron chi connectivity index (χ1n) is 5.09. The molecule has 6 nitrogen and oxygen atoms in total. The third-order valence-corrected chi connectivity index (χ3v) is 2.43. The van der Waals surface area contributed by atoms with Crippen molar-refractivity contribution < 1.29 is 9.90 Å². The summed E-state index contributed by atoms with van der Waals surface area (Å²) in [6.45, 7) is 1.96. The van der Waals surface area contributed by atoms with Gasteiger partial charge in [0.15, 0.2) is 0 Å². The molecule has 6 heteroatoms. The molecule has 0 aliphatic heterocycles. The van der Waals surface area contributed by atoms with Crippen LogP contribution in [0.25, 0.3) is 0 Å². The number of phenols is 1. The second-order valence-electron chi connectivity index (χ2n) is 3.56. The lowest BCUT2D eigenvalue weighted by Crippen LogP contribution is -2.24. The highest BCUT2D eigenvalue weighted by molar-refractivity contribution is 5.96. The molecule has 3 N–H and O–H groups in total. The summed E-state index contributed by atoms with van der Waals surface area (Å²) in [5.74, 6) is 0.434. The monoisotopic (exact) mass is 232 g/mol. The third kappa shape index (κ3) is 2.41. The topological polar surface area (TPSA) is 90.9 Å². The maximum atomic E-state index is 11.8. The molecule has 1 aromatic heterocycles. The number of carbonyl (C=O) groups excluding carboxylic acids is 1. The van der Waals surface area contributed by atoms with Crippen molar-refractivity contribution in [2.24, 2.45) is 0 Å². The highest BCUT2D eigenvalue weighted by Crippen LogP contribution is 2.19. The Morgan fingerprint density at radius 2 is 2.35 bits per heavy atom. The van der Waals surface area contributed by atoms with Gasteiger partial charge in [-0.1, -0.05) is 6.07 Å². The fourth-order valence-electron chi connectivity index (χ4n) is 1.44. The van der Waals surface area contributed by atoms with Crippen LogP contribution in [0.15, 0.2) is 24.5 Å². The number of H-pyrrole nitrogens is 1. The van der Waals surface area contributed by atoms with Gasteiger partial charge in [-0.3, -0.25) is 9.89 Å². The van der Waals surface area contributed by atoms with Crippen LogP contribution in [0, 0.1) is 6.92 Å². The van der Waals surface area contributed by atoms with Crippen LogP contribution in [0.2, 0.25) is 0 Å². The fraction of sp³-hybridized carbons (Fsp3) is 0.182. The Morgan fingerprint density at radius 3 is 3.06 bits per heavy atom. The van der Waals surface area contributed by atoms with Crippen molar-refractivity contribution in [1.82, 2.24) is 20.5 Å². The fourth-order valence-corrected chi connectivity index (χ4v) is 1.44. The predicted molar refractivity (Wildman–Crippen MR) is 60.4 cm³/mol. The van der Waals surface area contributed by atoms with Crippen LogP contribution >= 0.6 is 0 Å². The van der Waals surface area contributed by atoms with E-state index in [0.717, 1.165) is 0 Å². The van der Waals surface area contributed by atoms with Gasteiger partial charge in [0, 0.05) is 11.1 Å². The van der Waals surface area contributed by atoms with Gasteiger partial charge in [-0.15, -0.1) is 0 Å². The molecule has 0 saturated carbocycles. The molecule has 17 heavy (non-hydrogen) atoms. The molecule has 0 aliphatic carbocycles. The summed E-state index contributed by atoms with van der Waals surface area (Å²) in [7, 11) is 0. The Hall–Kier alpha value is -2.37. The maximum Gasteiger partial charge on any atom is 0.252 e. The van der Waals surface area contributed by atoms with Crippen molar-refractivity contribution in [2.45, 2.75) is 13.5 Å². The number of phenolic OH excluding ortho intramolecular Hbond substituents is 1. The molecule has 1 heterocycles. The zero-order valence-corrected chi connectivity index (χ0v) is 9.27. The lowest BCUT2D eigenvalue weighted by atomic mass is 10.1. The Balaban J connectivity index is 2.07. The molecule has 2 rings (SSSR count). The molecule has 88 valence electrons. The minimum atomic E-state index is -0.255. The van der Waals surface area contributed by atoms with Crippen molar-refractivity contribution in [3.63, 3.8) is 0 Å². The van der Waals surface area contributed by atoms with Crippen LogP contribution in [-0.4, -0.2) is 26.2 Å². The van der Waals surface area contributed by atoms with Crippen LogP contribution < -0.4 is 5.32 Å². The minimum Gasteiger partial charge on any atom is -0.508 e. The average molecular weight is 232 g/mol. The van der Waals surface area contributed by atoms with E-state index in [4.69, 9.17) is 0 Å². The molecule has 2 aromatic rings. The first-order chi connectivity index (χ1) is 8.18. The number of hydrogen-bond donors (Lipinski definition) is 3. The molecule has 1 aromatic carbocycles. The first-order valence-corrected chi connectivity index (χ1v) is 5.09. The number of carbonyl (C=O) groups is 1. The molecule has 0 bridgehead atoms. The summed E-state index contributed by atoms with van der Waals surface area (Å²) in [4.78, 5) is 15.7. The summed E-state index contributed by atoms with van der Waals surface area (Å²) >= 11 is 0. The van der Waals surface area contributed by atoms with Gasteiger partial charge in [0.1, 0.15) is 17.9 Å². The predicted octanol–water partition coefficient (Wildman–Crippen LogP) is 0.749. The van der Waals surface area contributed by atoms with E-state index < -0.39 is 0 Å². The number of nitrogens with one attached hydrogen (secondary N) is 2. The number of aromatic hydroxyl groups is 1. The van der Waals surface area contributed by atoms with Gasteiger partial charge < -0.3 is 10.4 Å². The van der Waals surface area contributed by atoms with E-state index in [1.807, 2.05) is 0 Å². The number of nitrogens with zero attached hydrogens (tertiary/aromatic N) is 2. The molecular formula is C11H12N4O2. The van der Waals surface area contributed by atoms with Crippen molar-refractivity contribution in [3.05, 3.63) is 41.5 Å². The van der Waals surface area contributed by atoms with Gasteiger partial charge in [0.2, 0.25) is 0 Å². The summed E-state index contributed by atoms with van der Waals surface area (Å²) in [5.41, 5.74) is 1.01.